The first-order chi connectivity index (χ1) is 8.58. The lowest BCUT2D eigenvalue weighted by atomic mass is 9.96. The van der Waals surface area contributed by atoms with Crippen molar-refractivity contribution in [1.82, 2.24) is 16.0 Å². The Morgan fingerprint density at radius 2 is 1.78 bits per heavy atom. The van der Waals surface area contributed by atoms with Gasteiger partial charge in [-0.15, -0.1) is 0 Å². The molecule has 1 saturated carbocycles. The summed E-state index contributed by atoms with van der Waals surface area (Å²) in [6, 6.07) is 0.0408. The van der Waals surface area contributed by atoms with Crippen LogP contribution in [0.1, 0.15) is 46.0 Å². The first-order valence-corrected chi connectivity index (χ1v) is 6.89. The predicted octanol–water partition coefficient (Wildman–Crippen LogP) is 1.39. The smallest absolute Gasteiger partial charge is 0.315 e. The lowest BCUT2D eigenvalue weighted by Crippen LogP contribution is -2.46. The molecule has 0 aromatic rings. The van der Waals surface area contributed by atoms with E-state index in [-0.39, 0.29) is 24.5 Å². The largest absolute Gasteiger partial charge is 0.354 e. The van der Waals surface area contributed by atoms with E-state index in [0.717, 1.165) is 12.8 Å². The minimum atomic E-state index is -0.235. The standard InChI is InChI=1S/C13H25N3O2/c1-10(2)8-14-12(17)9-15-13(18)16-11-6-4-3-5-7-11/h10-11H,3-9H2,1-2H3,(H,14,17)(H2,15,16,18). The number of carbonyl (C=O) groups is 2. The molecule has 104 valence electrons. The van der Waals surface area contributed by atoms with Crippen molar-refractivity contribution in [2.45, 2.75) is 52.0 Å². The molecule has 3 N–H and O–H groups in total. The molecule has 0 saturated heterocycles. The van der Waals surface area contributed by atoms with E-state index in [1.165, 1.54) is 19.3 Å². The normalized spacial score (nSPS) is 16.4. The van der Waals surface area contributed by atoms with E-state index < -0.39 is 0 Å². The second kappa shape index (κ2) is 7.95. The maximum Gasteiger partial charge on any atom is 0.315 e. The highest BCUT2D eigenvalue weighted by Gasteiger charge is 2.15. The van der Waals surface area contributed by atoms with Crippen LogP contribution in [0.25, 0.3) is 0 Å². The number of rotatable bonds is 5. The lowest BCUT2D eigenvalue weighted by Gasteiger charge is -2.22. The second-order valence-corrected chi connectivity index (χ2v) is 5.36. The lowest BCUT2D eigenvalue weighted by molar-refractivity contribution is -0.120. The van der Waals surface area contributed by atoms with Gasteiger partial charge in [0.05, 0.1) is 6.54 Å². The summed E-state index contributed by atoms with van der Waals surface area (Å²) in [5, 5.41) is 8.26. The minimum absolute atomic E-state index is 0.0469. The average molecular weight is 255 g/mol. The van der Waals surface area contributed by atoms with E-state index in [1.807, 2.05) is 13.8 Å². The maximum atomic E-state index is 11.6. The molecular weight excluding hydrogens is 230 g/mol. The fraction of sp³-hybridized carbons (Fsp3) is 0.846. The van der Waals surface area contributed by atoms with Crippen molar-refractivity contribution >= 4 is 11.9 Å². The van der Waals surface area contributed by atoms with E-state index in [1.54, 1.807) is 0 Å². The summed E-state index contributed by atoms with van der Waals surface area (Å²) in [5.41, 5.74) is 0. The van der Waals surface area contributed by atoms with E-state index in [4.69, 9.17) is 0 Å². The van der Waals surface area contributed by atoms with Crippen LogP contribution in [0, 0.1) is 5.92 Å². The Morgan fingerprint density at radius 1 is 1.11 bits per heavy atom. The van der Waals surface area contributed by atoms with Gasteiger partial charge in [-0.1, -0.05) is 33.1 Å². The quantitative estimate of drug-likeness (QED) is 0.695. The molecule has 0 aliphatic heterocycles. The van der Waals surface area contributed by atoms with Crippen molar-refractivity contribution in [2.75, 3.05) is 13.1 Å². The monoisotopic (exact) mass is 255 g/mol. The van der Waals surface area contributed by atoms with Gasteiger partial charge >= 0.3 is 6.03 Å². The summed E-state index contributed by atoms with van der Waals surface area (Å²) >= 11 is 0. The van der Waals surface area contributed by atoms with Crippen LogP contribution in [0.5, 0.6) is 0 Å². The van der Waals surface area contributed by atoms with Crippen LogP contribution in [0.3, 0.4) is 0 Å². The molecule has 5 heteroatoms. The highest BCUT2D eigenvalue weighted by molar-refractivity contribution is 5.83. The van der Waals surface area contributed by atoms with Gasteiger partial charge in [0.1, 0.15) is 0 Å². The van der Waals surface area contributed by atoms with Gasteiger partial charge in [0, 0.05) is 12.6 Å². The number of hydrogen-bond donors (Lipinski definition) is 3. The van der Waals surface area contributed by atoms with E-state index in [9.17, 15) is 9.59 Å². The minimum Gasteiger partial charge on any atom is -0.354 e. The third-order valence-electron chi connectivity index (χ3n) is 3.06. The SMILES string of the molecule is CC(C)CNC(=O)CNC(=O)NC1CCCCC1. The van der Waals surface area contributed by atoms with E-state index in [0.29, 0.717) is 12.5 Å². The fourth-order valence-electron chi connectivity index (χ4n) is 2.02. The van der Waals surface area contributed by atoms with Crippen molar-refractivity contribution in [3.63, 3.8) is 0 Å². The van der Waals surface area contributed by atoms with Crippen molar-refractivity contribution in [3.05, 3.63) is 0 Å². The number of carbonyl (C=O) groups excluding carboxylic acids is 2. The molecule has 1 aliphatic rings. The topological polar surface area (TPSA) is 70.2 Å². The molecule has 0 aromatic heterocycles. The first kappa shape index (κ1) is 14.8. The third-order valence-corrected chi connectivity index (χ3v) is 3.06. The molecule has 18 heavy (non-hydrogen) atoms. The van der Waals surface area contributed by atoms with Crippen LogP contribution in [0.4, 0.5) is 4.79 Å². The fourth-order valence-corrected chi connectivity index (χ4v) is 2.02. The molecule has 1 fully saturated rings. The van der Waals surface area contributed by atoms with Crippen molar-refractivity contribution in [2.24, 2.45) is 5.92 Å². The van der Waals surface area contributed by atoms with Gasteiger partial charge in [-0.25, -0.2) is 4.79 Å². The van der Waals surface area contributed by atoms with Gasteiger partial charge in [0.2, 0.25) is 5.91 Å². The number of hydrogen-bond acceptors (Lipinski definition) is 2. The third kappa shape index (κ3) is 6.47. The maximum absolute atomic E-state index is 11.6. The molecule has 0 spiro atoms. The van der Waals surface area contributed by atoms with Crippen molar-refractivity contribution in [1.29, 1.82) is 0 Å². The van der Waals surface area contributed by atoms with Crippen LogP contribution in [0.15, 0.2) is 0 Å². The molecule has 0 bridgehead atoms. The zero-order valence-electron chi connectivity index (χ0n) is 11.4. The van der Waals surface area contributed by atoms with Crippen LogP contribution in [-0.2, 0) is 4.79 Å². The molecule has 0 aromatic carbocycles. The summed E-state index contributed by atoms with van der Waals surface area (Å²) in [5.74, 6) is 0.285. The molecule has 3 amide bonds. The molecule has 0 atom stereocenters. The zero-order valence-corrected chi connectivity index (χ0v) is 11.4. The molecular formula is C13H25N3O2. The van der Waals surface area contributed by atoms with Crippen molar-refractivity contribution in [3.8, 4) is 0 Å². The average Bonchev–Trinajstić information content (AvgIpc) is 2.35. The highest BCUT2D eigenvalue weighted by Crippen LogP contribution is 2.16. The van der Waals surface area contributed by atoms with Crippen LogP contribution in [0.2, 0.25) is 0 Å². The van der Waals surface area contributed by atoms with E-state index in [2.05, 4.69) is 16.0 Å². The number of amides is 3. The Hall–Kier alpha value is -1.26. The van der Waals surface area contributed by atoms with Gasteiger partial charge in [0.15, 0.2) is 0 Å². The number of nitrogens with one attached hydrogen (secondary N) is 3. The Bertz CT molecular complexity index is 273. The molecule has 0 heterocycles. The zero-order chi connectivity index (χ0) is 13.4. The van der Waals surface area contributed by atoms with Gasteiger partial charge in [0.25, 0.3) is 0 Å². The Balaban J connectivity index is 2.10. The first-order valence-electron chi connectivity index (χ1n) is 6.89. The van der Waals surface area contributed by atoms with Crippen LogP contribution >= 0.6 is 0 Å². The molecule has 1 rings (SSSR count). The van der Waals surface area contributed by atoms with Gasteiger partial charge in [-0.2, -0.15) is 0 Å². The molecule has 5 nitrogen and oxygen atoms in total. The Kier molecular flexibility index (Phi) is 6.54. The van der Waals surface area contributed by atoms with Gasteiger partial charge in [-0.3, -0.25) is 4.79 Å². The van der Waals surface area contributed by atoms with Gasteiger partial charge in [-0.05, 0) is 18.8 Å². The second-order valence-electron chi connectivity index (χ2n) is 5.36. The summed E-state index contributed by atoms with van der Waals surface area (Å²) < 4.78 is 0. The number of urea groups is 1. The summed E-state index contributed by atoms with van der Waals surface area (Å²) in [7, 11) is 0. The van der Waals surface area contributed by atoms with E-state index >= 15 is 0 Å². The molecule has 0 unspecified atom stereocenters. The highest BCUT2D eigenvalue weighted by atomic mass is 16.2. The van der Waals surface area contributed by atoms with Crippen molar-refractivity contribution < 1.29 is 9.59 Å². The van der Waals surface area contributed by atoms with Crippen LogP contribution in [-0.4, -0.2) is 31.1 Å². The summed E-state index contributed by atoms with van der Waals surface area (Å²) in [6.07, 6.45) is 5.72. The molecule has 1 aliphatic carbocycles. The predicted molar refractivity (Wildman–Crippen MR) is 71.3 cm³/mol. The summed E-state index contributed by atoms with van der Waals surface area (Å²) in [4.78, 5) is 22.9. The van der Waals surface area contributed by atoms with Crippen LogP contribution < -0.4 is 16.0 Å². The summed E-state index contributed by atoms with van der Waals surface area (Å²) in [6.45, 7) is 4.75. The molecule has 0 radical (unpaired) electrons. The Labute approximate surface area is 109 Å². The van der Waals surface area contributed by atoms with Gasteiger partial charge < -0.3 is 16.0 Å². The Morgan fingerprint density at radius 3 is 2.39 bits per heavy atom.